The topological polar surface area (TPSA) is 52.0 Å². The first-order valence-electron chi connectivity index (χ1n) is 3.56. The Labute approximate surface area is 64.4 Å². The Bertz CT molecular complexity index is 224. The van der Waals surface area contributed by atoms with Gasteiger partial charge in [0.25, 0.3) is 0 Å². The molecule has 0 saturated heterocycles. The summed E-state index contributed by atoms with van der Waals surface area (Å²) >= 11 is 0. The van der Waals surface area contributed by atoms with Gasteiger partial charge in [-0.3, -0.25) is 0 Å². The molecule has 0 aliphatic rings. The van der Waals surface area contributed by atoms with Gasteiger partial charge >= 0.3 is 0 Å². The van der Waals surface area contributed by atoms with E-state index in [0.717, 1.165) is 12.1 Å². The summed E-state index contributed by atoms with van der Waals surface area (Å²) in [5.74, 6) is 0.0874. The van der Waals surface area contributed by atoms with Crippen molar-refractivity contribution in [3.05, 3.63) is 17.8 Å². The van der Waals surface area contributed by atoms with Gasteiger partial charge in [-0.15, -0.1) is 0 Å². The van der Waals surface area contributed by atoms with E-state index in [1.54, 1.807) is 0 Å². The Kier molecular flexibility index (Phi) is 2.59. The van der Waals surface area contributed by atoms with Crippen LogP contribution in [0.2, 0.25) is 0 Å². The van der Waals surface area contributed by atoms with Crippen molar-refractivity contribution in [2.24, 2.45) is 5.73 Å². The zero-order valence-electron chi connectivity index (χ0n) is 6.38. The third-order valence-corrected chi connectivity index (χ3v) is 1.41. The number of aryl methyl sites for hydroxylation is 1. The van der Waals surface area contributed by atoms with Gasteiger partial charge in [0, 0.05) is 6.54 Å². The van der Waals surface area contributed by atoms with Crippen molar-refractivity contribution < 1.29 is 8.81 Å². The van der Waals surface area contributed by atoms with E-state index in [-0.39, 0.29) is 12.4 Å². The molecule has 0 fully saturated rings. The standard InChI is InChI=1S/C7H11FN2O/c1-2-5-4-11-7(10-5)6(8)3-9/h4,6H,2-3,9H2,1H3. The lowest BCUT2D eigenvalue weighted by molar-refractivity contribution is 0.283. The molecule has 0 bridgehead atoms. The Balaban J connectivity index is 2.71. The number of nitrogens with two attached hydrogens (primary N) is 1. The van der Waals surface area contributed by atoms with E-state index in [1.165, 1.54) is 6.26 Å². The Hall–Kier alpha value is -0.900. The summed E-state index contributed by atoms with van der Waals surface area (Å²) in [6.07, 6.45) is 0.938. The van der Waals surface area contributed by atoms with Crippen LogP contribution in [0.3, 0.4) is 0 Å². The fourth-order valence-corrected chi connectivity index (χ4v) is 0.730. The molecule has 1 atom stereocenters. The normalized spacial score (nSPS) is 13.4. The lowest BCUT2D eigenvalue weighted by Crippen LogP contribution is -2.07. The van der Waals surface area contributed by atoms with Crippen LogP contribution in [-0.4, -0.2) is 11.5 Å². The predicted molar refractivity (Wildman–Crippen MR) is 38.8 cm³/mol. The quantitative estimate of drug-likeness (QED) is 0.719. The van der Waals surface area contributed by atoms with E-state index in [2.05, 4.69) is 4.98 Å². The molecule has 0 spiro atoms. The minimum Gasteiger partial charge on any atom is -0.446 e. The Morgan fingerprint density at radius 2 is 2.55 bits per heavy atom. The molecule has 1 aromatic rings. The smallest absolute Gasteiger partial charge is 0.230 e. The van der Waals surface area contributed by atoms with E-state index >= 15 is 0 Å². The van der Waals surface area contributed by atoms with Crippen LogP contribution in [0.5, 0.6) is 0 Å². The summed E-state index contributed by atoms with van der Waals surface area (Å²) in [6.45, 7) is 1.85. The van der Waals surface area contributed by atoms with Gasteiger partial charge in [-0.05, 0) is 6.42 Å². The summed E-state index contributed by atoms with van der Waals surface area (Å²) < 4.78 is 17.6. The van der Waals surface area contributed by atoms with Gasteiger partial charge in [0.2, 0.25) is 5.89 Å². The van der Waals surface area contributed by atoms with Gasteiger partial charge < -0.3 is 10.2 Å². The van der Waals surface area contributed by atoms with Crippen LogP contribution in [0.25, 0.3) is 0 Å². The first-order chi connectivity index (χ1) is 5.27. The van der Waals surface area contributed by atoms with Gasteiger partial charge in [0.05, 0.1) is 5.69 Å². The third kappa shape index (κ3) is 1.77. The predicted octanol–water partition coefficient (Wildman–Crippen LogP) is 1.21. The number of aromatic nitrogens is 1. The molecule has 0 aromatic carbocycles. The third-order valence-electron chi connectivity index (χ3n) is 1.41. The van der Waals surface area contributed by atoms with Crippen molar-refractivity contribution in [2.45, 2.75) is 19.5 Å². The fourth-order valence-electron chi connectivity index (χ4n) is 0.730. The van der Waals surface area contributed by atoms with Crippen molar-refractivity contribution in [1.29, 1.82) is 0 Å². The molecule has 11 heavy (non-hydrogen) atoms. The van der Waals surface area contributed by atoms with Crippen molar-refractivity contribution in [2.75, 3.05) is 6.54 Å². The lowest BCUT2D eigenvalue weighted by Gasteiger charge is -1.96. The van der Waals surface area contributed by atoms with Gasteiger partial charge in [-0.25, -0.2) is 9.37 Å². The van der Waals surface area contributed by atoms with E-state index in [4.69, 9.17) is 10.2 Å². The minimum atomic E-state index is -1.27. The Morgan fingerprint density at radius 1 is 1.82 bits per heavy atom. The van der Waals surface area contributed by atoms with E-state index in [0.29, 0.717) is 0 Å². The van der Waals surface area contributed by atoms with Crippen LogP contribution >= 0.6 is 0 Å². The molecular weight excluding hydrogens is 147 g/mol. The first-order valence-corrected chi connectivity index (χ1v) is 3.56. The highest BCUT2D eigenvalue weighted by Gasteiger charge is 2.13. The van der Waals surface area contributed by atoms with Crippen LogP contribution in [0, 0.1) is 0 Å². The monoisotopic (exact) mass is 158 g/mol. The molecule has 2 N–H and O–H groups in total. The summed E-state index contributed by atoms with van der Waals surface area (Å²) in [7, 11) is 0. The summed E-state index contributed by atoms with van der Waals surface area (Å²) in [5, 5.41) is 0. The van der Waals surface area contributed by atoms with E-state index in [9.17, 15) is 4.39 Å². The van der Waals surface area contributed by atoms with Gasteiger partial charge in [-0.1, -0.05) is 6.92 Å². The van der Waals surface area contributed by atoms with Crippen LogP contribution in [0.15, 0.2) is 10.7 Å². The molecule has 4 heteroatoms. The number of halogens is 1. The van der Waals surface area contributed by atoms with Crippen molar-refractivity contribution in [3.8, 4) is 0 Å². The van der Waals surface area contributed by atoms with Gasteiger partial charge in [0.1, 0.15) is 6.26 Å². The Morgan fingerprint density at radius 3 is 3.00 bits per heavy atom. The number of alkyl halides is 1. The minimum absolute atomic E-state index is 0.0797. The number of hydrogen-bond acceptors (Lipinski definition) is 3. The maximum absolute atomic E-state index is 12.7. The van der Waals surface area contributed by atoms with Crippen molar-refractivity contribution >= 4 is 0 Å². The van der Waals surface area contributed by atoms with Gasteiger partial charge in [-0.2, -0.15) is 0 Å². The highest BCUT2D eigenvalue weighted by molar-refractivity contribution is 4.98. The molecular formula is C7H11FN2O. The number of rotatable bonds is 3. The molecule has 1 heterocycles. The molecule has 0 radical (unpaired) electrons. The molecule has 0 amide bonds. The second-order valence-electron chi connectivity index (χ2n) is 2.23. The molecule has 62 valence electrons. The summed E-state index contributed by atoms with van der Waals surface area (Å²) in [6, 6.07) is 0. The average molecular weight is 158 g/mol. The number of nitrogens with zero attached hydrogens (tertiary/aromatic N) is 1. The maximum atomic E-state index is 12.7. The molecule has 1 aromatic heterocycles. The zero-order valence-corrected chi connectivity index (χ0v) is 6.38. The van der Waals surface area contributed by atoms with Crippen LogP contribution in [0.1, 0.15) is 24.7 Å². The SMILES string of the molecule is CCc1coc(C(F)CN)n1. The number of oxazole rings is 1. The average Bonchev–Trinajstić information content (AvgIpc) is 2.50. The molecule has 1 unspecified atom stereocenters. The molecule has 0 saturated carbocycles. The molecule has 0 aliphatic heterocycles. The van der Waals surface area contributed by atoms with Crippen molar-refractivity contribution in [3.63, 3.8) is 0 Å². The van der Waals surface area contributed by atoms with Crippen LogP contribution in [0.4, 0.5) is 4.39 Å². The lowest BCUT2D eigenvalue weighted by atomic mass is 10.4. The number of hydrogen-bond donors (Lipinski definition) is 1. The highest BCUT2D eigenvalue weighted by atomic mass is 19.1. The molecule has 1 rings (SSSR count). The molecule has 0 aliphatic carbocycles. The first kappa shape index (κ1) is 8.20. The maximum Gasteiger partial charge on any atom is 0.230 e. The fraction of sp³-hybridized carbons (Fsp3) is 0.571. The highest BCUT2D eigenvalue weighted by Crippen LogP contribution is 2.14. The molecule has 3 nitrogen and oxygen atoms in total. The van der Waals surface area contributed by atoms with Crippen LogP contribution < -0.4 is 5.73 Å². The largest absolute Gasteiger partial charge is 0.446 e. The second kappa shape index (κ2) is 3.48. The summed E-state index contributed by atoms with van der Waals surface area (Å²) in [4.78, 5) is 3.88. The van der Waals surface area contributed by atoms with Crippen LogP contribution in [-0.2, 0) is 6.42 Å². The van der Waals surface area contributed by atoms with E-state index < -0.39 is 6.17 Å². The zero-order chi connectivity index (χ0) is 8.27. The van der Waals surface area contributed by atoms with E-state index in [1.807, 2.05) is 6.92 Å². The summed E-state index contributed by atoms with van der Waals surface area (Å²) in [5.41, 5.74) is 5.84. The van der Waals surface area contributed by atoms with Crippen molar-refractivity contribution in [1.82, 2.24) is 4.98 Å². The second-order valence-corrected chi connectivity index (χ2v) is 2.23. The van der Waals surface area contributed by atoms with Gasteiger partial charge in [0.15, 0.2) is 6.17 Å².